The lowest BCUT2D eigenvalue weighted by Gasteiger charge is -2.55. The molecule has 4 fully saturated rings. The zero-order chi connectivity index (χ0) is 19.5. The Bertz CT molecular complexity index is 845. The molecule has 0 amide bonds. The SMILES string of the molecule is CC1(C)Cc2ccc(C=NO)cc2C(=CC(=O)C23CC4CC(CC(C4)C2)C3)N1. The molecule has 4 aliphatic carbocycles. The molecule has 5 aliphatic rings. The molecule has 4 bridgehead atoms. The fourth-order valence-corrected chi connectivity index (χ4v) is 6.91. The minimum Gasteiger partial charge on any atom is -0.411 e. The fourth-order valence-electron chi connectivity index (χ4n) is 6.91. The monoisotopic (exact) mass is 378 g/mol. The van der Waals surface area contributed by atoms with Gasteiger partial charge in [-0.25, -0.2) is 0 Å². The predicted molar refractivity (Wildman–Crippen MR) is 110 cm³/mol. The van der Waals surface area contributed by atoms with Crippen LogP contribution in [0.1, 0.15) is 69.1 Å². The van der Waals surface area contributed by atoms with Gasteiger partial charge >= 0.3 is 0 Å². The van der Waals surface area contributed by atoms with Gasteiger partial charge < -0.3 is 10.5 Å². The molecule has 148 valence electrons. The third kappa shape index (κ3) is 2.98. The number of carbonyl (C=O) groups excluding carboxylic acids is 1. The van der Waals surface area contributed by atoms with Gasteiger partial charge in [0.25, 0.3) is 0 Å². The first-order valence-electron chi connectivity index (χ1n) is 10.7. The summed E-state index contributed by atoms with van der Waals surface area (Å²) in [5.74, 6) is 2.64. The minimum atomic E-state index is -0.116. The van der Waals surface area contributed by atoms with E-state index in [0.717, 1.165) is 60.3 Å². The third-order valence-corrected chi connectivity index (χ3v) is 7.57. The van der Waals surface area contributed by atoms with E-state index in [4.69, 9.17) is 5.21 Å². The van der Waals surface area contributed by atoms with E-state index in [0.29, 0.717) is 5.78 Å². The number of rotatable bonds is 3. The van der Waals surface area contributed by atoms with Gasteiger partial charge in [0.1, 0.15) is 0 Å². The van der Waals surface area contributed by atoms with E-state index < -0.39 is 0 Å². The Balaban J connectivity index is 1.52. The summed E-state index contributed by atoms with van der Waals surface area (Å²) in [4.78, 5) is 13.6. The lowest BCUT2D eigenvalue weighted by atomic mass is 9.48. The number of fused-ring (bicyclic) bond motifs is 1. The van der Waals surface area contributed by atoms with Gasteiger partial charge in [-0.3, -0.25) is 4.79 Å². The highest BCUT2D eigenvalue weighted by molar-refractivity contribution is 6.01. The highest BCUT2D eigenvalue weighted by Gasteiger charge is 2.54. The number of carbonyl (C=O) groups is 1. The van der Waals surface area contributed by atoms with Crippen molar-refractivity contribution < 1.29 is 10.0 Å². The van der Waals surface area contributed by atoms with E-state index in [1.165, 1.54) is 31.0 Å². The maximum Gasteiger partial charge on any atom is 0.163 e. The van der Waals surface area contributed by atoms with Gasteiger partial charge in [-0.15, -0.1) is 0 Å². The van der Waals surface area contributed by atoms with Gasteiger partial charge in [-0.1, -0.05) is 17.3 Å². The zero-order valence-electron chi connectivity index (χ0n) is 16.9. The van der Waals surface area contributed by atoms with Gasteiger partial charge in [0, 0.05) is 28.3 Å². The molecule has 0 radical (unpaired) electrons. The topological polar surface area (TPSA) is 61.7 Å². The molecule has 0 saturated heterocycles. The summed E-state index contributed by atoms with van der Waals surface area (Å²) >= 11 is 0. The molecule has 1 aliphatic heterocycles. The first-order chi connectivity index (χ1) is 13.4. The quantitative estimate of drug-likeness (QED) is 0.351. The fraction of sp³-hybridized carbons (Fsp3) is 0.583. The number of hydrogen-bond acceptors (Lipinski definition) is 4. The zero-order valence-corrected chi connectivity index (χ0v) is 16.9. The van der Waals surface area contributed by atoms with Crippen molar-refractivity contribution in [1.82, 2.24) is 5.32 Å². The van der Waals surface area contributed by atoms with Gasteiger partial charge in [0.2, 0.25) is 0 Å². The van der Waals surface area contributed by atoms with Crippen LogP contribution in [0.3, 0.4) is 0 Å². The van der Waals surface area contributed by atoms with Crippen molar-refractivity contribution in [3.8, 4) is 0 Å². The van der Waals surface area contributed by atoms with E-state index in [-0.39, 0.29) is 11.0 Å². The maximum atomic E-state index is 13.6. The predicted octanol–water partition coefficient (Wildman–Crippen LogP) is 4.55. The smallest absolute Gasteiger partial charge is 0.163 e. The Hall–Kier alpha value is -2.10. The second kappa shape index (κ2) is 6.20. The van der Waals surface area contributed by atoms with Crippen molar-refractivity contribution in [2.45, 2.75) is 64.3 Å². The third-order valence-electron chi connectivity index (χ3n) is 7.57. The number of allylic oxidation sites excluding steroid dienone is 1. The molecule has 0 atom stereocenters. The molecular weight excluding hydrogens is 348 g/mol. The molecule has 0 spiro atoms. The highest BCUT2D eigenvalue weighted by Crippen LogP contribution is 2.60. The number of hydrogen-bond donors (Lipinski definition) is 2. The second-order valence-electron chi connectivity index (χ2n) is 10.5. The normalized spacial score (nSPS) is 36.5. The van der Waals surface area contributed by atoms with E-state index in [1.54, 1.807) is 0 Å². The standard InChI is InChI=1S/C24H30N2O2/c1-23(2)13-19-4-3-15(14-25-28)8-20(19)21(26-23)9-22(27)24-10-16-5-17(11-24)7-18(6-16)12-24/h3-4,8-9,14,16-18,26,28H,5-7,10-13H2,1-2H3. The van der Waals surface area contributed by atoms with Crippen LogP contribution in [-0.2, 0) is 11.2 Å². The van der Waals surface area contributed by atoms with Crippen LogP contribution in [-0.4, -0.2) is 22.7 Å². The Morgan fingerprint density at radius 2 is 1.79 bits per heavy atom. The summed E-state index contributed by atoms with van der Waals surface area (Å²) in [7, 11) is 0. The van der Waals surface area contributed by atoms with Crippen LogP contribution in [0.4, 0.5) is 0 Å². The molecule has 0 unspecified atom stereocenters. The van der Waals surface area contributed by atoms with Gasteiger partial charge in [-0.05, 0) is 93.7 Å². The number of oxime groups is 1. The van der Waals surface area contributed by atoms with Crippen LogP contribution in [0.2, 0.25) is 0 Å². The first-order valence-corrected chi connectivity index (χ1v) is 10.7. The van der Waals surface area contributed by atoms with Crippen LogP contribution in [0.5, 0.6) is 0 Å². The molecule has 1 aromatic rings. The van der Waals surface area contributed by atoms with Crippen LogP contribution in [0.15, 0.2) is 29.4 Å². The lowest BCUT2D eigenvalue weighted by molar-refractivity contribution is -0.138. The Kier molecular flexibility index (Phi) is 3.98. The molecular formula is C24H30N2O2. The number of nitrogens with zero attached hydrogens (tertiary/aromatic N) is 1. The van der Waals surface area contributed by atoms with Crippen molar-refractivity contribution in [3.05, 3.63) is 41.0 Å². The Morgan fingerprint density at radius 3 is 2.39 bits per heavy atom. The minimum absolute atomic E-state index is 0.0901. The van der Waals surface area contributed by atoms with E-state index in [1.807, 2.05) is 18.2 Å². The summed E-state index contributed by atoms with van der Waals surface area (Å²) in [6.07, 6.45) is 11.6. The summed E-state index contributed by atoms with van der Waals surface area (Å²) in [6, 6.07) is 6.09. The average Bonchev–Trinajstić information content (AvgIpc) is 2.60. The van der Waals surface area contributed by atoms with Gasteiger partial charge in [-0.2, -0.15) is 0 Å². The molecule has 4 saturated carbocycles. The number of benzene rings is 1. The largest absolute Gasteiger partial charge is 0.411 e. The van der Waals surface area contributed by atoms with Crippen molar-refractivity contribution in [1.29, 1.82) is 0 Å². The maximum absolute atomic E-state index is 13.6. The summed E-state index contributed by atoms with van der Waals surface area (Å²) in [6.45, 7) is 4.37. The van der Waals surface area contributed by atoms with Crippen molar-refractivity contribution in [2.24, 2.45) is 28.3 Å². The highest BCUT2D eigenvalue weighted by atomic mass is 16.4. The number of nitrogens with one attached hydrogen (secondary N) is 1. The second-order valence-corrected chi connectivity index (χ2v) is 10.5. The van der Waals surface area contributed by atoms with Gasteiger partial charge in [0.05, 0.1) is 6.21 Å². The van der Waals surface area contributed by atoms with Crippen LogP contribution < -0.4 is 5.32 Å². The van der Waals surface area contributed by atoms with Crippen LogP contribution in [0.25, 0.3) is 5.70 Å². The molecule has 2 N–H and O–H groups in total. The van der Waals surface area contributed by atoms with Crippen molar-refractivity contribution in [3.63, 3.8) is 0 Å². The van der Waals surface area contributed by atoms with Crippen LogP contribution >= 0.6 is 0 Å². The van der Waals surface area contributed by atoms with E-state index >= 15 is 0 Å². The van der Waals surface area contributed by atoms with Gasteiger partial charge in [0.15, 0.2) is 5.78 Å². The molecule has 1 heterocycles. The molecule has 28 heavy (non-hydrogen) atoms. The average molecular weight is 379 g/mol. The molecule has 1 aromatic carbocycles. The van der Waals surface area contributed by atoms with Crippen LogP contribution in [0, 0.1) is 23.2 Å². The molecule has 6 rings (SSSR count). The molecule has 0 aromatic heterocycles. The van der Waals surface area contributed by atoms with E-state index in [9.17, 15) is 4.79 Å². The Labute approximate surface area is 167 Å². The Morgan fingerprint density at radius 1 is 1.14 bits per heavy atom. The molecule has 4 nitrogen and oxygen atoms in total. The summed E-state index contributed by atoms with van der Waals surface area (Å²) in [5, 5.41) is 15.7. The van der Waals surface area contributed by atoms with Crippen molar-refractivity contribution >= 4 is 17.7 Å². The first kappa shape index (κ1) is 18.0. The van der Waals surface area contributed by atoms with Crippen molar-refractivity contribution in [2.75, 3.05) is 0 Å². The summed E-state index contributed by atoms with van der Waals surface area (Å²) in [5.41, 5.74) is 3.87. The molecule has 4 heteroatoms. The van der Waals surface area contributed by atoms with E-state index in [2.05, 4.69) is 30.4 Å². The number of ketones is 1. The lowest BCUT2D eigenvalue weighted by Crippen LogP contribution is -2.50. The summed E-state index contributed by atoms with van der Waals surface area (Å²) < 4.78 is 0.